The lowest BCUT2D eigenvalue weighted by Crippen LogP contribution is -2.41. The van der Waals surface area contributed by atoms with Gasteiger partial charge in [-0.2, -0.15) is 5.26 Å². The molecule has 1 aliphatic carbocycles. The first kappa shape index (κ1) is 12.0. The van der Waals surface area contributed by atoms with Gasteiger partial charge < -0.3 is 11.1 Å². The van der Waals surface area contributed by atoms with Crippen molar-refractivity contribution >= 4 is 5.91 Å². The fourth-order valence-corrected chi connectivity index (χ4v) is 2.03. The Morgan fingerprint density at radius 3 is 2.87 bits per heavy atom. The predicted octanol–water partition coefficient (Wildman–Crippen LogP) is 0.924. The van der Waals surface area contributed by atoms with Crippen molar-refractivity contribution in [2.24, 2.45) is 11.7 Å². The van der Waals surface area contributed by atoms with Crippen molar-refractivity contribution in [3.8, 4) is 6.07 Å². The highest BCUT2D eigenvalue weighted by Crippen LogP contribution is 2.22. The number of rotatable bonds is 3. The summed E-state index contributed by atoms with van der Waals surface area (Å²) in [5.74, 6) is -0.0224. The first-order chi connectivity index (χ1) is 7.25. The van der Waals surface area contributed by atoms with E-state index in [0.29, 0.717) is 13.0 Å². The predicted molar refractivity (Wildman–Crippen MR) is 57.8 cm³/mol. The van der Waals surface area contributed by atoms with Crippen LogP contribution in [0, 0.1) is 17.2 Å². The van der Waals surface area contributed by atoms with Crippen LogP contribution >= 0.6 is 0 Å². The van der Waals surface area contributed by atoms with E-state index in [1.807, 2.05) is 6.07 Å². The van der Waals surface area contributed by atoms with E-state index in [2.05, 4.69) is 5.32 Å². The molecule has 15 heavy (non-hydrogen) atoms. The highest BCUT2D eigenvalue weighted by atomic mass is 16.1. The van der Waals surface area contributed by atoms with E-state index in [1.165, 1.54) is 6.42 Å². The summed E-state index contributed by atoms with van der Waals surface area (Å²) in [5.41, 5.74) is 5.96. The molecular formula is C11H19N3O. The van der Waals surface area contributed by atoms with E-state index in [9.17, 15) is 4.79 Å². The Balaban J connectivity index is 2.38. The van der Waals surface area contributed by atoms with Gasteiger partial charge in [-0.3, -0.25) is 4.79 Å². The molecule has 1 saturated carbocycles. The van der Waals surface area contributed by atoms with Crippen LogP contribution in [0.4, 0.5) is 0 Å². The smallest absolute Gasteiger partial charge is 0.224 e. The maximum Gasteiger partial charge on any atom is 0.224 e. The molecule has 2 unspecified atom stereocenters. The zero-order chi connectivity index (χ0) is 11.1. The van der Waals surface area contributed by atoms with Crippen LogP contribution in [-0.4, -0.2) is 18.5 Å². The van der Waals surface area contributed by atoms with Crippen molar-refractivity contribution in [1.29, 1.82) is 5.26 Å². The summed E-state index contributed by atoms with van der Waals surface area (Å²) in [6.45, 7) is 0.443. The molecule has 0 heterocycles. The van der Waals surface area contributed by atoms with Crippen LogP contribution < -0.4 is 11.1 Å². The lowest BCUT2D eigenvalue weighted by atomic mass is 9.94. The third kappa shape index (κ3) is 3.88. The highest BCUT2D eigenvalue weighted by Gasteiger charge is 2.26. The normalized spacial score (nSPS) is 26.4. The Morgan fingerprint density at radius 2 is 2.13 bits per heavy atom. The van der Waals surface area contributed by atoms with Gasteiger partial charge in [-0.1, -0.05) is 19.3 Å². The number of nitriles is 1. The van der Waals surface area contributed by atoms with E-state index in [-0.39, 0.29) is 17.9 Å². The zero-order valence-corrected chi connectivity index (χ0v) is 9.04. The van der Waals surface area contributed by atoms with Crippen LogP contribution in [0.1, 0.15) is 38.5 Å². The molecule has 0 radical (unpaired) electrons. The van der Waals surface area contributed by atoms with Crippen molar-refractivity contribution in [2.75, 3.05) is 6.54 Å². The van der Waals surface area contributed by atoms with E-state index < -0.39 is 0 Å². The molecule has 4 heteroatoms. The summed E-state index contributed by atoms with van der Waals surface area (Å²) in [7, 11) is 0. The van der Waals surface area contributed by atoms with Crippen molar-refractivity contribution < 1.29 is 4.79 Å². The molecule has 4 nitrogen and oxygen atoms in total. The summed E-state index contributed by atoms with van der Waals surface area (Å²) in [4.78, 5) is 11.7. The summed E-state index contributed by atoms with van der Waals surface area (Å²) >= 11 is 0. The summed E-state index contributed by atoms with van der Waals surface area (Å²) in [5, 5.41) is 11.1. The quantitative estimate of drug-likeness (QED) is 0.536. The molecule has 1 aliphatic rings. The minimum Gasteiger partial charge on any atom is -0.355 e. The monoisotopic (exact) mass is 209 g/mol. The van der Waals surface area contributed by atoms with E-state index in [0.717, 1.165) is 25.7 Å². The van der Waals surface area contributed by atoms with E-state index in [1.54, 1.807) is 0 Å². The summed E-state index contributed by atoms with van der Waals surface area (Å²) in [6.07, 6.45) is 5.59. The molecule has 0 aliphatic heterocycles. The Morgan fingerprint density at radius 1 is 1.40 bits per heavy atom. The van der Waals surface area contributed by atoms with Gasteiger partial charge in [0, 0.05) is 12.6 Å². The molecule has 0 saturated heterocycles. The lowest BCUT2D eigenvalue weighted by Gasteiger charge is -2.20. The van der Waals surface area contributed by atoms with E-state index >= 15 is 0 Å². The van der Waals surface area contributed by atoms with Crippen LogP contribution in [0.5, 0.6) is 0 Å². The number of amides is 1. The maximum absolute atomic E-state index is 11.7. The maximum atomic E-state index is 11.7. The average Bonchev–Trinajstić information content (AvgIpc) is 2.43. The average molecular weight is 209 g/mol. The van der Waals surface area contributed by atoms with Crippen molar-refractivity contribution in [3.63, 3.8) is 0 Å². The third-order valence-electron chi connectivity index (χ3n) is 2.94. The SMILES string of the molecule is N#CCCNC(=O)C1CCCCCC1N. The topological polar surface area (TPSA) is 78.9 Å². The van der Waals surface area contributed by atoms with Gasteiger partial charge >= 0.3 is 0 Å². The number of hydrogen-bond donors (Lipinski definition) is 2. The molecule has 0 aromatic rings. The second-order valence-corrected chi connectivity index (χ2v) is 4.11. The zero-order valence-electron chi connectivity index (χ0n) is 9.04. The molecule has 1 amide bonds. The summed E-state index contributed by atoms with van der Waals surface area (Å²) in [6, 6.07) is 2.00. The molecule has 84 valence electrons. The van der Waals surface area contributed by atoms with Crippen LogP contribution in [0.25, 0.3) is 0 Å². The minimum atomic E-state index is -0.0498. The first-order valence-corrected chi connectivity index (χ1v) is 5.66. The van der Waals surface area contributed by atoms with Gasteiger partial charge in [0.2, 0.25) is 5.91 Å². The Kier molecular flexibility index (Phi) is 5.13. The number of nitrogens with two attached hydrogens (primary N) is 1. The molecule has 0 spiro atoms. The van der Waals surface area contributed by atoms with Gasteiger partial charge in [0.25, 0.3) is 0 Å². The second kappa shape index (κ2) is 6.41. The number of hydrogen-bond acceptors (Lipinski definition) is 3. The van der Waals surface area contributed by atoms with Gasteiger partial charge in [0.1, 0.15) is 0 Å². The van der Waals surface area contributed by atoms with Crippen LogP contribution in [0.3, 0.4) is 0 Å². The Hall–Kier alpha value is -1.08. The molecule has 0 bridgehead atoms. The minimum absolute atomic E-state index is 0.00501. The molecule has 2 atom stereocenters. The van der Waals surface area contributed by atoms with Crippen LogP contribution in [0.2, 0.25) is 0 Å². The summed E-state index contributed by atoms with van der Waals surface area (Å²) < 4.78 is 0. The lowest BCUT2D eigenvalue weighted by molar-refractivity contribution is -0.125. The van der Waals surface area contributed by atoms with Crippen molar-refractivity contribution in [1.82, 2.24) is 5.32 Å². The molecule has 0 aromatic heterocycles. The highest BCUT2D eigenvalue weighted by molar-refractivity contribution is 5.79. The number of nitrogens with one attached hydrogen (secondary N) is 1. The largest absolute Gasteiger partial charge is 0.355 e. The third-order valence-corrected chi connectivity index (χ3v) is 2.94. The standard InChI is InChI=1S/C11H19N3O/c12-7-4-8-14-11(15)9-5-2-1-3-6-10(9)13/h9-10H,1-6,8,13H2,(H,14,15). The van der Waals surface area contributed by atoms with Gasteiger partial charge in [-0.15, -0.1) is 0 Å². The van der Waals surface area contributed by atoms with E-state index in [4.69, 9.17) is 11.0 Å². The second-order valence-electron chi connectivity index (χ2n) is 4.11. The molecular weight excluding hydrogens is 190 g/mol. The molecule has 1 rings (SSSR count). The van der Waals surface area contributed by atoms with Crippen LogP contribution in [0.15, 0.2) is 0 Å². The van der Waals surface area contributed by atoms with Crippen LogP contribution in [-0.2, 0) is 4.79 Å². The van der Waals surface area contributed by atoms with Gasteiger partial charge in [-0.25, -0.2) is 0 Å². The molecule has 3 N–H and O–H groups in total. The Bertz CT molecular complexity index is 247. The van der Waals surface area contributed by atoms with Gasteiger partial charge in [-0.05, 0) is 12.8 Å². The number of nitrogens with zero attached hydrogens (tertiary/aromatic N) is 1. The molecule has 0 aromatic carbocycles. The number of carbonyl (C=O) groups excluding carboxylic acids is 1. The fraction of sp³-hybridized carbons (Fsp3) is 0.818. The first-order valence-electron chi connectivity index (χ1n) is 5.66. The Labute approximate surface area is 90.8 Å². The van der Waals surface area contributed by atoms with Crippen molar-refractivity contribution in [3.05, 3.63) is 0 Å². The van der Waals surface area contributed by atoms with Gasteiger partial charge in [0.05, 0.1) is 18.4 Å². The number of carbonyl (C=O) groups is 1. The van der Waals surface area contributed by atoms with Gasteiger partial charge in [0.15, 0.2) is 0 Å². The molecule has 1 fully saturated rings. The van der Waals surface area contributed by atoms with Crippen molar-refractivity contribution in [2.45, 2.75) is 44.6 Å². The fourth-order valence-electron chi connectivity index (χ4n) is 2.03.